The van der Waals surface area contributed by atoms with E-state index in [1.54, 1.807) is 17.0 Å². The third-order valence-electron chi connectivity index (χ3n) is 3.51. The molecule has 0 heterocycles. The third kappa shape index (κ3) is 4.42. The van der Waals surface area contributed by atoms with Gasteiger partial charge >= 0.3 is 5.97 Å². The molecule has 0 saturated heterocycles. The number of carbonyl (C=O) groups is 2. The molecule has 23 heavy (non-hydrogen) atoms. The predicted octanol–water partition coefficient (Wildman–Crippen LogP) is 3.42. The summed E-state index contributed by atoms with van der Waals surface area (Å²) in [5.41, 5.74) is 1.33. The maximum absolute atomic E-state index is 12.1. The molecule has 2 aromatic carbocycles. The summed E-state index contributed by atoms with van der Waals surface area (Å²) in [4.78, 5) is 25.8. The van der Waals surface area contributed by atoms with Crippen LogP contribution >= 0.6 is 0 Å². The monoisotopic (exact) mass is 311 g/mol. The second-order valence-electron chi connectivity index (χ2n) is 5.50. The van der Waals surface area contributed by atoms with E-state index in [1.165, 1.54) is 0 Å². The summed E-state index contributed by atoms with van der Waals surface area (Å²) in [7, 11) is 0. The number of carbonyl (C=O) groups excluding carboxylic acids is 2. The first-order valence-electron chi connectivity index (χ1n) is 7.59. The smallest absolute Gasteiger partial charge is 0.338 e. The number of likely N-dealkylation sites (N-methyl/N-ethyl adjacent to an activating group) is 1. The summed E-state index contributed by atoms with van der Waals surface area (Å²) >= 11 is 0. The molecule has 0 fully saturated rings. The Balaban J connectivity index is 2.00. The Morgan fingerprint density at radius 2 is 1.83 bits per heavy atom. The van der Waals surface area contributed by atoms with Gasteiger partial charge in [0.05, 0.1) is 5.56 Å². The minimum atomic E-state index is -0.490. The van der Waals surface area contributed by atoms with Crippen molar-refractivity contribution in [1.82, 2.24) is 4.90 Å². The Hall–Kier alpha value is -2.62. The SMILES string of the molecule is C=C(C)CN(CC)C(=O)COC(=O)c1ccc2ccccc2c1. The van der Waals surface area contributed by atoms with Crippen LogP contribution in [0.2, 0.25) is 0 Å². The topological polar surface area (TPSA) is 46.6 Å². The Kier molecular flexibility index (Phi) is 5.52. The standard InChI is InChI=1S/C19H21NO3/c1-4-20(12-14(2)3)18(21)13-23-19(22)17-10-9-15-7-5-6-8-16(15)11-17/h5-11H,2,4,12-13H2,1,3H3. The van der Waals surface area contributed by atoms with Gasteiger partial charge in [0.25, 0.3) is 5.91 Å². The highest BCUT2D eigenvalue weighted by atomic mass is 16.5. The molecule has 4 heteroatoms. The lowest BCUT2D eigenvalue weighted by molar-refractivity contribution is -0.133. The van der Waals surface area contributed by atoms with Crippen molar-refractivity contribution in [2.75, 3.05) is 19.7 Å². The minimum Gasteiger partial charge on any atom is -0.452 e. The molecule has 0 radical (unpaired) electrons. The van der Waals surface area contributed by atoms with Gasteiger partial charge in [-0.1, -0.05) is 42.5 Å². The van der Waals surface area contributed by atoms with Crippen molar-refractivity contribution in [3.05, 3.63) is 60.2 Å². The maximum Gasteiger partial charge on any atom is 0.338 e. The van der Waals surface area contributed by atoms with Gasteiger partial charge in [-0.05, 0) is 36.8 Å². The van der Waals surface area contributed by atoms with Gasteiger partial charge in [-0.2, -0.15) is 0 Å². The second kappa shape index (κ2) is 7.58. The number of amides is 1. The van der Waals surface area contributed by atoms with Crippen molar-refractivity contribution < 1.29 is 14.3 Å². The van der Waals surface area contributed by atoms with E-state index < -0.39 is 5.97 Å². The fourth-order valence-corrected chi connectivity index (χ4v) is 2.32. The van der Waals surface area contributed by atoms with E-state index in [2.05, 4.69) is 6.58 Å². The van der Waals surface area contributed by atoms with Crippen molar-refractivity contribution in [2.45, 2.75) is 13.8 Å². The lowest BCUT2D eigenvalue weighted by atomic mass is 10.1. The van der Waals surface area contributed by atoms with Gasteiger partial charge < -0.3 is 9.64 Å². The quantitative estimate of drug-likeness (QED) is 0.606. The number of fused-ring (bicyclic) bond motifs is 1. The molecule has 0 aliphatic heterocycles. The van der Waals surface area contributed by atoms with Crippen LogP contribution < -0.4 is 0 Å². The molecule has 2 aromatic rings. The van der Waals surface area contributed by atoms with Crippen molar-refractivity contribution >= 4 is 22.6 Å². The van der Waals surface area contributed by atoms with Gasteiger partial charge in [0.15, 0.2) is 6.61 Å². The van der Waals surface area contributed by atoms with Crippen LogP contribution in [0, 0.1) is 0 Å². The molecule has 0 N–H and O–H groups in total. The molecule has 0 saturated carbocycles. The summed E-state index contributed by atoms with van der Waals surface area (Å²) in [6, 6.07) is 13.1. The third-order valence-corrected chi connectivity index (χ3v) is 3.51. The molecule has 0 aliphatic rings. The number of benzene rings is 2. The van der Waals surface area contributed by atoms with E-state index >= 15 is 0 Å². The van der Waals surface area contributed by atoms with Crippen molar-refractivity contribution in [3.8, 4) is 0 Å². The van der Waals surface area contributed by atoms with E-state index in [4.69, 9.17) is 4.74 Å². The van der Waals surface area contributed by atoms with E-state index in [9.17, 15) is 9.59 Å². The van der Waals surface area contributed by atoms with Crippen LogP contribution in [0.5, 0.6) is 0 Å². The molecule has 0 aliphatic carbocycles. The van der Waals surface area contributed by atoms with Crippen LogP contribution in [0.15, 0.2) is 54.6 Å². The highest BCUT2D eigenvalue weighted by Crippen LogP contribution is 2.16. The zero-order chi connectivity index (χ0) is 16.8. The van der Waals surface area contributed by atoms with E-state index in [0.717, 1.165) is 16.3 Å². The summed E-state index contributed by atoms with van der Waals surface area (Å²) in [6.45, 7) is 8.31. The van der Waals surface area contributed by atoms with Gasteiger partial charge in [0, 0.05) is 13.1 Å². The highest BCUT2D eigenvalue weighted by Gasteiger charge is 2.15. The Labute approximate surface area is 136 Å². The predicted molar refractivity (Wildman–Crippen MR) is 91.3 cm³/mol. The normalized spacial score (nSPS) is 10.3. The largest absolute Gasteiger partial charge is 0.452 e. The number of rotatable bonds is 6. The highest BCUT2D eigenvalue weighted by molar-refractivity contribution is 5.96. The van der Waals surface area contributed by atoms with Crippen LogP contribution in [0.25, 0.3) is 10.8 Å². The Bertz CT molecular complexity index is 736. The van der Waals surface area contributed by atoms with Crippen LogP contribution in [0.4, 0.5) is 0 Å². The van der Waals surface area contributed by atoms with Gasteiger partial charge in [0.2, 0.25) is 0 Å². The molecule has 0 spiro atoms. The van der Waals surface area contributed by atoms with E-state index in [0.29, 0.717) is 18.7 Å². The molecular formula is C19H21NO3. The fourth-order valence-electron chi connectivity index (χ4n) is 2.32. The molecule has 2 rings (SSSR count). The zero-order valence-corrected chi connectivity index (χ0v) is 13.5. The summed E-state index contributed by atoms with van der Waals surface area (Å²) in [5.74, 6) is -0.708. The first-order chi connectivity index (χ1) is 11.0. The zero-order valence-electron chi connectivity index (χ0n) is 13.5. The fraction of sp³-hybridized carbons (Fsp3) is 0.263. The van der Waals surface area contributed by atoms with Crippen LogP contribution in [-0.2, 0) is 9.53 Å². The lowest BCUT2D eigenvalue weighted by Gasteiger charge is -2.20. The van der Waals surface area contributed by atoms with E-state index in [-0.39, 0.29) is 12.5 Å². The molecule has 120 valence electrons. The molecule has 0 unspecified atom stereocenters. The van der Waals surface area contributed by atoms with Gasteiger partial charge in [0.1, 0.15) is 0 Å². The van der Waals surface area contributed by atoms with Crippen LogP contribution in [0.1, 0.15) is 24.2 Å². The van der Waals surface area contributed by atoms with Crippen LogP contribution in [-0.4, -0.2) is 36.5 Å². The van der Waals surface area contributed by atoms with Crippen molar-refractivity contribution in [3.63, 3.8) is 0 Å². The second-order valence-corrected chi connectivity index (χ2v) is 5.50. The van der Waals surface area contributed by atoms with Gasteiger partial charge in [-0.25, -0.2) is 4.79 Å². The number of hydrogen-bond acceptors (Lipinski definition) is 3. The van der Waals surface area contributed by atoms with E-state index in [1.807, 2.05) is 44.2 Å². The van der Waals surface area contributed by atoms with Crippen LogP contribution in [0.3, 0.4) is 0 Å². The summed E-state index contributed by atoms with van der Waals surface area (Å²) in [6.07, 6.45) is 0. The minimum absolute atomic E-state index is 0.218. The van der Waals surface area contributed by atoms with Gasteiger partial charge in [-0.3, -0.25) is 4.79 Å². The number of nitrogens with zero attached hydrogens (tertiary/aromatic N) is 1. The molecule has 1 amide bonds. The first kappa shape index (κ1) is 16.7. The Morgan fingerprint density at radius 1 is 1.13 bits per heavy atom. The lowest BCUT2D eigenvalue weighted by Crippen LogP contribution is -2.35. The molecular weight excluding hydrogens is 290 g/mol. The van der Waals surface area contributed by atoms with Gasteiger partial charge in [-0.15, -0.1) is 0 Å². The molecule has 0 bridgehead atoms. The summed E-state index contributed by atoms with van der Waals surface area (Å²) in [5, 5.41) is 2.02. The maximum atomic E-state index is 12.1. The molecule has 0 atom stereocenters. The number of hydrogen-bond donors (Lipinski definition) is 0. The average Bonchev–Trinajstić information content (AvgIpc) is 2.56. The number of ether oxygens (including phenoxy) is 1. The molecule has 4 nitrogen and oxygen atoms in total. The molecule has 0 aromatic heterocycles. The Morgan fingerprint density at radius 3 is 2.48 bits per heavy atom. The first-order valence-corrected chi connectivity index (χ1v) is 7.59. The average molecular weight is 311 g/mol. The number of esters is 1. The van der Waals surface area contributed by atoms with Crippen molar-refractivity contribution in [2.24, 2.45) is 0 Å². The van der Waals surface area contributed by atoms with Crippen molar-refractivity contribution in [1.29, 1.82) is 0 Å². The summed E-state index contributed by atoms with van der Waals surface area (Å²) < 4.78 is 5.14.